The lowest BCUT2D eigenvalue weighted by molar-refractivity contribution is -0.123. The van der Waals surface area contributed by atoms with Crippen LogP contribution < -0.4 is 4.90 Å². The monoisotopic (exact) mass is 507 g/mol. The van der Waals surface area contributed by atoms with Gasteiger partial charge in [-0.15, -0.1) is 0 Å². The fourth-order valence-electron chi connectivity index (χ4n) is 6.78. The fourth-order valence-corrected chi connectivity index (χ4v) is 6.78. The number of ketones is 1. The first-order valence-electron chi connectivity index (χ1n) is 13.2. The van der Waals surface area contributed by atoms with Crippen LogP contribution >= 0.6 is 0 Å². The van der Waals surface area contributed by atoms with Crippen molar-refractivity contribution in [2.45, 2.75) is 38.7 Å². The van der Waals surface area contributed by atoms with Gasteiger partial charge < -0.3 is 4.74 Å². The number of fused-ring (bicyclic) bond motifs is 5. The molecule has 3 fully saturated rings. The number of aryl methyl sites for hydroxylation is 1. The van der Waals surface area contributed by atoms with Gasteiger partial charge in [-0.3, -0.25) is 19.3 Å². The van der Waals surface area contributed by atoms with Gasteiger partial charge in [0.1, 0.15) is 0 Å². The van der Waals surface area contributed by atoms with Crippen LogP contribution in [0.4, 0.5) is 5.69 Å². The second-order valence-electron chi connectivity index (χ2n) is 10.8. The lowest BCUT2D eigenvalue weighted by atomic mass is 9.73. The molecule has 0 unspecified atom stereocenters. The first-order valence-corrected chi connectivity index (χ1v) is 13.2. The van der Waals surface area contributed by atoms with Gasteiger partial charge in [-0.05, 0) is 74.3 Å². The molecule has 6 heteroatoms. The highest BCUT2D eigenvalue weighted by molar-refractivity contribution is 6.22. The summed E-state index contributed by atoms with van der Waals surface area (Å²) in [7, 11) is 0. The van der Waals surface area contributed by atoms with E-state index < -0.39 is 12.1 Å². The van der Waals surface area contributed by atoms with E-state index in [1.54, 1.807) is 31.2 Å². The number of imide groups is 1. The third kappa shape index (κ3) is 3.95. The van der Waals surface area contributed by atoms with Crippen LogP contribution in [0.2, 0.25) is 0 Å². The van der Waals surface area contributed by atoms with Crippen molar-refractivity contribution in [1.29, 1.82) is 0 Å². The van der Waals surface area contributed by atoms with Gasteiger partial charge >= 0.3 is 5.97 Å². The summed E-state index contributed by atoms with van der Waals surface area (Å²) in [6.07, 6.45) is 0.913. The zero-order valence-electron chi connectivity index (χ0n) is 21.4. The van der Waals surface area contributed by atoms with Gasteiger partial charge in [-0.25, -0.2) is 4.79 Å². The standard InChI is InChI=1S/C32H29NO5/c1-18-8-10-21(11-9-18)29(34)19(2)38-32(37)22-12-14-24(15-13-22)33-30(35)27-23-16-25(20-6-4-3-5-7-20)26(17-23)28(27)31(33)36/h3-15,19,23,25-28H,16-17H2,1-2H3/t19-,23-,25-,26+,27+,28+/m0/s1. The maximum Gasteiger partial charge on any atom is 0.338 e. The lowest BCUT2D eigenvalue weighted by Crippen LogP contribution is -2.33. The van der Waals surface area contributed by atoms with Crippen LogP contribution in [-0.2, 0) is 14.3 Å². The van der Waals surface area contributed by atoms with Gasteiger partial charge in [0.15, 0.2) is 6.10 Å². The van der Waals surface area contributed by atoms with E-state index in [1.807, 2.05) is 37.3 Å². The van der Waals surface area contributed by atoms with Crippen LogP contribution in [0.3, 0.4) is 0 Å². The normalized spacial score (nSPS) is 26.4. The molecule has 0 spiro atoms. The molecule has 0 N–H and O–H groups in total. The molecule has 3 aromatic rings. The number of carbonyl (C=O) groups excluding carboxylic acids is 4. The summed E-state index contributed by atoms with van der Waals surface area (Å²) in [5, 5.41) is 0. The second-order valence-corrected chi connectivity index (χ2v) is 10.8. The molecule has 6 nitrogen and oxygen atoms in total. The maximum absolute atomic E-state index is 13.5. The molecule has 1 heterocycles. The van der Waals surface area contributed by atoms with Crippen molar-refractivity contribution in [3.8, 4) is 0 Å². The molecule has 6 rings (SSSR count). The number of nitrogens with zero attached hydrogens (tertiary/aromatic N) is 1. The summed E-state index contributed by atoms with van der Waals surface area (Å²) in [6.45, 7) is 3.48. The van der Waals surface area contributed by atoms with Crippen molar-refractivity contribution in [1.82, 2.24) is 0 Å². The summed E-state index contributed by atoms with van der Waals surface area (Å²) in [4.78, 5) is 53.6. The minimum Gasteiger partial charge on any atom is -0.451 e. The van der Waals surface area contributed by atoms with Crippen molar-refractivity contribution in [3.63, 3.8) is 0 Å². The number of anilines is 1. The number of hydrogen-bond donors (Lipinski definition) is 0. The van der Waals surface area contributed by atoms with Crippen LogP contribution in [0, 0.1) is 30.6 Å². The Bertz CT molecular complexity index is 1410. The van der Waals surface area contributed by atoms with Crippen LogP contribution in [0.5, 0.6) is 0 Å². The molecule has 2 bridgehead atoms. The topological polar surface area (TPSA) is 80.8 Å². The number of Topliss-reactive ketones (excluding diaryl/α,β-unsaturated/α-hetero) is 1. The maximum atomic E-state index is 13.5. The Labute approximate surface area is 221 Å². The molecule has 2 amide bonds. The summed E-state index contributed by atoms with van der Waals surface area (Å²) in [5.74, 6) is -1.03. The van der Waals surface area contributed by atoms with Gasteiger partial charge in [0.2, 0.25) is 17.6 Å². The molecule has 192 valence electrons. The molecule has 1 aliphatic heterocycles. The van der Waals surface area contributed by atoms with E-state index in [1.165, 1.54) is 22.6 Å². The highest BCUT2D eigenvalue weighted by Gasteiger charge is 2.64. The minimum atomic E-state index is -0.945. The number of carbonyl (C=O) groups is 4. The number of esters is 1. The van der Waals surface area contributed by atoms with Crippen LogP contribution in [0.15, 0.2) is 78.9 Å². The average molecular weight is 508 g/mol. The summed E-state index contributed by atoms with van der Waals surface area (Å²) in [6, 6.07) is 23.7. The molecule has 2 aliphatic carbocycles. The van der Waals surface area contributed by atoms with Crippen molar-refractivity contribution in [2.75, 3.05) is 4.90 Å². The minimum absolute atomic E-state index is 0.133. The summed E-state index contributed by atoms with van der Waals surface area (Å²) >= 11 is 0. The first-order chi connectivity index (χ1) is 18.3. The predicted molar refractivity (Wildman–Crippen MR) is 142 cm³/mol. The third-order valence-corrected chi connectivity index (χ3v) is 8.59. The molecule has 2 saturated carbocycles. The quantitative estimate of drug-likeness (QED) is 0.255. The Balaban J connectivity index is 1.15. The molecule has 3 aromatic carbocycles. The zero-order valence-corrected chi connectivity index (χ0v) is 21.4. The van der Waals surface area contributed by atoms with Crippen molar-refractivity contribution < 1.29 is 23.9 Å². The molecule has 6 atom stereocenters. The molecule has 3 aliphatic rings. The Hall–Kier alpha value is -4.06. The Morgan fingerprint density at radius 1 is 0.816 bits per heavy atom. The first kappa shape index (κ1) is 24.3. The van der Waals surface area contributed by atoms with Crippen LogP contribution in [0.25, 0.3) is 0 Å². The van der Waals surface area contributed by atoms with Gasteiger partial charge in [0.05, 0.1) is 23.1 Å². The number of benzene rings is 3. The van der Waals surface area contributed by atoms with Crippen molar-refractivity contribution >= 4 is 29.3 Å². The van der Waals surface area contributed by atoms with E-state index in [9.17, 15) is 19.2 Å². The number of ether oxygens (including phenoxy) is 1. The van der Waals surface area contributed by atoms with Gasteiger partial charge in [0.25, 0.3) is 0 Å². The average Bonchev–Trinajstić information content (AvgIpc) is 3.60. The van der Waals surface area contributed by atoms with Gasteiger partial charge in [-0.1, -0.05) is 60.2 Å². The van der Waals surface area contributed by atoms with E-state index in [2.05, 4.69) is 12.1 Å². The van der Waals surface area contributed by atoms with Gasteiger partial charge in [0, 0.05) is 5.56 Å². The second kappa shape index (κ2) is 9.35. The van der Waals surface area contributed by atoms with E-state index in [0.29, 0.717) is 17.2 Å². The highest BCUT2D eigenvalue weighted by atomic mass is 16.5. The van der Waals surface area contributed by atoms with Crippen LogP contribution in [-0.4, -0.2) is 29.7 Å². The van der Waals surface area contributed by atoms with E-state index >= 15 is 0 Å². The van der Waals surface area contributed by atoms with Crippen molar-refractivity contribution in [3.05, 3.63) is 101 Å². The SMILES string of the molecule is Cc1ccc(C(=O)[C@H](C)OC(=O)c2ccc(N3C(=O)[C@@H]4[C@@H]5C[C@@H]([C@H]4C3=O)[C@H](c3ccccc3)C5)cc2)cc1. The predicted octanol–water partition coefficient (Wildman–Crippen LogP) is 5.35. The Kier molecular flexibility index (Phi) is 5.98. The molecule has 0 radical (unpaired) electrons. The molecule has 38 heavy (non-hydrogen) atoms. The van der Waals surface area contributed by atoms with E-state index in [4.69, 9.17) is 4.74 Å². The highest BCUT2D eigenvalue weighted by Crippen LogP contribution is 2.61. The third-order valence-electron chi connectivity index (χ3n) is 8.59. The summed E-state index contributed by atoms with van der Waals surface area (Å²) in [5.41, 5.74) is 3.47. The molecule has 0 aromatic heterocycles. The summed E-state index contributed by atoms with van der Waals surface area (Å²) < 4.78 is 5.41. The van der Waals surface area contributed by atoms with E-state index in [-0.39, 0.29) is 46.8 Å². The van der Waals surface area contributed by atoms with Crippen LogP contribution in [0.1, 0.15) is 57.5 Å². The number of rotatable bonds is 6. The smallest absolute Gasteiger partial charge is 0.338 e. The fraction of sp³-hybridized carbons (Fsp3) is 0.312. The Morgan fingerprint density at radius 2 is 1.45 bits per heavy atom. The molecular formula is C32H29NO5. The zero-order chi connectivity index (χ0) is 26.6. The van der Waals surface area contributed by atoms with Gasteiger partial charge in [-0.2, -0.15) is 0 Å². The molecular weight excluding hydrogens is 478 g/mol. The number of amides is 2. The number of hydrogen-bond acceptors (Lipinski definition) is 5. The van der Waals surface area contributed by atoms with E-state index in [0.717, 1.165) is 18.4 Å². The largest absolute Gasteiger partial charge is 0.451 e. The lowest BCUT2D eigenvalue weighted by Gasteiger charge is -2.28. The Morgan fingerprint density at radius 3 is 2.13 bits per heavy atom. The van der Waals surface area contributed by atoms with Crippen molar-refractivity contribution in [2.24, 2.45) is 23.7 Å². The molecule has 1 saturated heterocycles.